The Hall–Kier alpha value is -1.84. The molecule has 0 aromatic rings. The van der Waals surface area contributed by atoms with Crippen LogP contribution in [0.4, 0.5) is 0 Å². The minimum absolute atomic E-state index is 0.308. The van der Waals surface area contributed by atoms with Gasteiger partial charge in [-0.1, -0.05) is 23.8 Å². The summed E-state index contributed by atoms with van der Waals surface area (Å²) in [5.74, 6) is -1.06. The van der Waals surface area contributed by atoms with Crippen LogP contribution in [-0.2, 0) is 19.1 Å². The summed E-state index contributed by atoms with van der Waals surface area (Å²) in [7, 11) is 0. The van der Waals surface area contributed by atoms with E-state index in [1.54, 1.807) is 0 Å². The largest absolute Gasteiger partial charge is 0.458 e. The number of carbonyl (C=O) groups is 2. The molecule has 0 aromatic heterocycles. The van der Waals surface area contributed by atoms with Crippen LogP contribution >= 0.6 is 0 Å². The van der Waals surface area contributed by atoms with Crippen molar-refractivity contribution in [1.82, 2.24) is 0 Å². The third-order valence-electron chi connectivity index (χ3n) is 3.98. The van der Waals surface area contributed by atoms with Crippen molar-refractivity contribution in [3.63, 3.8) is 0 Å². The Morgan fingerprint density at radius 2 is 2.10 bits per heavy atom. The molecule has 1 aliphatic carbocycles. The Balaban J connectivity index is 2.39. The highest BCUT2D eigenvalue weighted by Crippen LogP contribution is 2.36. The quantitative estimate of drug-likeness (QED) is 0.423. The molecule has 4 nitrogen and oxygen atoms in total. The molecule has 114 valence electrons. The van der Waals surface area contributed by atoms with Gasteiger partial charge in [-0.3, -0.25) is 4.79 Å². The maximum Gasteiger partial charge on any atom is 0.334 e. The molecule has 0 radical (unpaired) electrons. The summed E-state index contributed by atoms with van der Waals surface area (Å²) >= 11 is 0. The van der Waals surface area contributed by atoms with Crippen molar-refractivity contribution < 1.29 is 19.1 Å². The van der Waals surface area contributed by atoms with Crippen LogP contribution in [0.1, 0.15) is 40.0 Å². The topological polar surface area (TPSA) is 52.6 Å². The van der Waals surface area contributed by atoms with E-state index in [9.17, 15) is 9.59 Å². The van der Waals surface area contributed by atoms with E-state index in [4.69, 9.17) is 9.47 Å². The molecule has 0 bridgehead atoms. The van der Waals surface area contributed by atoms with E-state index < -0.39 is 6.10 Å². The van der Waals surface area contributed by atoms with E-state index in [1.165, 1.54) is 12.5 Å². The molecule has 1 saturated heterocycles. The van der Waals surface area contributed by atoms with Crippen LogP contribution in [0.5, 0.6) is 0 Å². The highest BCUT2D eigenvalue weighted by atomic mass is 16.6. The van der Waals surface area contributed by atoms with Crippen LogP contribution in [0.15, 0.2) is 35.5 Å². The third kappa shape index (κ3) is 3.63. The maximum absolute atomic E-state index is 11.9. The molecule has 0 aromatic carbocycles. The van der Waals surface area contributed by atoms with Gasteiger partial charge in [0.1, 0.15) is 12.2 Å². The molecule has 3 atom stereocenters. The predicted octanol–water partition coefficient (Wildman–Crippen LogP) is 3.09. The van der Waals surface area contributed by atoms with Crippen molar-refractivity contribution in [2.24, 2.45) is 5.92 Å². The molecular weight excluding hydrogens is 268 g/mol. The molecule has 0 unspecified atom stereocenters. The second-order valence-corrected chi connectivity index (χ2v) is 5.88. The van der Waals surface area contributed by atoms with Crippen LogP contribution < -0.4 is 0 Å². The zero-order valence-electron chi connectivity index (χ0n) is 12.8. The van der Waals surface area contributed by atoms with Gasteiger partial charge in [-0.2, -0.15) is 0 Å². The Kier molecular flexibility index (Phi) is 4.66. The predicted molar refractivity (Wildman–Crippen MR) is 79.4 cm³/mol. The average molecular weight is 290 g/mol. The van der Waals surface area contributed by atoms with Crippen molar-refractivity contribution in [3.05, 3.63) is 35.5 Å². The minimum atomic E-state index is -0.489. The van der Waals surface area contributed by atoms with E-state index >= 15 is 0 Å². The van der Waals surface area contributed by atoms with E-state index in [0.717, 1.165) is 18.4 Å². The zero-order chi connectivity index (χ0) is 15.6. The second-order valence-electron chi connectivity index (χ2n) is 5.88. The maximum atomic E-state index is 11.9. The summed E-state index contributed by atoms with van der Waals surface area (Å²) in [5, 5.41) is 0. The van der Waals surface area contributed by atoms with Crippen LogP contribution in [0.25, 0.3) is 0 Å². The lowest BCUT2D eigenvalue weighted by atomic mass is 9.85. The Morgan fingerprint density at radius 3 is 2.76 bits per heavy atom. The first-order chi connectivity index (χ1) is 9.88. The number of carbonyl (C=O) groups excluding carboxylic acids is 2. The van der Waals surface area contributed by atoms with Crippen LogP contribution in [0, 0.1) is 5.92 Å². The summed E-state index contributed by atoms with van der Waals surface area (Å²) in [4.78, 5) is 23.2. The van der Waals surface area contributed by atoms with Gasteiger partial charge in [0.05, 0.1) is 5.92 Å². The van der Waals surface area contributed by atoms with Gasteiger partial charge in [0.15, 0.2) is 0 Å². The minimum Gasteiger partial charge on any atom is -0.458 e. The highest BCUT2D eigenvalue weighted by Gasteiger charge is 2.44. The van der Waals surface area contributed by atoms with Crippen LogP contribution in [-0.4, -0.2) is 24.1 Å². The van der Waals surface area contributed by atoms with Crippen molar-refractivity contribution in [1.29, 1.82) is 0 Å². The average Bonchev–Trinajstić information content (AvgIpc) is 2.62. The molecule has 1 fully saturated rings. The Morgan fingerprint density at radius 1 is 1.38 bits per heavy atom. The molecule has 21 heavy (non-hydrogen) atoms. The normalized spacial score (nSPS) is 30.0. The number of esters is 2. The second kappa shape index (κ2) is 6.29. The van der Waals surface area contributed by atoms with Gasteiger partial charge in [-0.15, -0.1) is 0 Å². The molecule has 2 aliphatic rings. The van der Waals surface area contributed by atoms with Gasteiger partial charge < -0.3 is 9.47 Å². The third-order valence-corrected chi connectivity index (χ3v) is 3.98. The lowest BCUT2D eigenvalue weighted by Crippen LogP contribution is -2.32. The zero-order valence-corrected chi connectivity index (χ0v) is 12.8. The molecule has 0 saturated carbocycles. The van der Waals surface area contributed by atoms with Crippen molar-refractivity contribution in [2.45, 2.75) is 52.2 Å². The first kappa shape index (κ1) is 15.5. The van der Waals surface area contributed by atoms with Crippen LogP contribution in [0.2, 0.25) is 0 Å². The number of rotatable bonds is 1. The van der Waals surface area contributed by atoms with Crippen molar-refractivity contribution in [3.8, 4) is 0 Å². The number of allylic oxidation sites excluding steroid dienone is 2. The molecule has 0 N–H and O–H groups in total. The first-order valence-corrected chi connectivity index (χ1v) is 7.28. The smallest absolute Gasteiger partial charge is 0.334 e. The van der Waals surface area contributed by atoms with E-state index in [0.29, 0.717) is 12.0 Å². The summed E-state index contributed by atoms with van der Waals surface area (Å²) in [6.45, 7) is 9.26. The molecule has 2 rings (SSSR count). The number of ether oxygens (including phenoxy) is 2. The van der Waals surface area contributed by atoms with Crippen molar-refractivity contribution >= 4 is 11.9 Å². The summed E-state index contributed by atoms with van der Waals surface area (Å²) < 4.78 is 10.9. The summed E-state index contributed by atoms with van der Waals surface area (Å²) in [5.41, 5.74) is 2.71. The fraction of sp³-hybridized carbons (Fsp3) is 0.529. The highest BCUT2D eigenvalue weighted by molar-refractivity contribution is 5.91. The van der Waals surface area contributed by atoms with Gasteiger partial charge in [0.25, 0.3) is 0 Å². The fourth-order valence-electron chi connectivity index (χ4n) is 2.94. The van der Waals surface area contributed by atoms with Gasteiger partial charge >= 0.3 is 11.9 Å². The SMILES string of the molecule is C=C1C(=O)O[C@H]2CC(C)=CCCC(C)=C[C@@H](OC(C)=O)[C@H]12. The molecule has 0 spiro atoms. The first-order valence-electron chi connectivity index (χ1n) is 7.28. The Labute approximate surface area is 125 Å². The van der Waals surface area contributed by atoms with Gasteiger partial charge in [0.2, 0.25) is 0 Å². The van der Waals surface area contributed by atoms with Gasteiger partial charge in [-0.25, -0.2) is 4.79 Å². The van der Waals surface area contributed by atoms with Gasteiger partial charge in [0, 0.05) is 18.9 Å². The molecule has 1 heterocycles. The monoisotopic (exact) mass is 290 g/mol. The molecule has 0 amide bonds. The Bertz CT molecular complexity index is 527. The number of hydrogen-bond acceptors (Lipinski definition) is 4. The molecule has 4 heteroatoms. The lowest BCUT2D eigenvalue weighted by Gasteiger charge is -2.26. The fourth-order valence-corrected chi connectivity index (χ4v) is 2.94. The summed E-state index contributed by atoms with van der Waals surface area (Å²) in [6.07, 6.45) is 5.81. The summed E-state index contributed by atoms with van der Waals surface area (Å²) in [6, 6.07) is 0. The van der Waals surface area contributed by atoms with E-state index in [1.807, 2.05) is 19.9 Å². The molecule has 1 aliphatic heterocycles. The molecular formula is C17H22O4. The number of hydrogen-bond donors (Lipinski definition) is 0. The van der Waals surface area contributed by atoms with Crippen LogP contribution in [0.3, 0.4) is 0 Å². The van der Waals surface area contributed by atoms with Gasteiger partial charge in [-0.05, 0) is 32.8 Å². The van der Waals surface area contributed by atoms with E-state index in [-0.39, 0.29) is 24.0 Å². The standard InChI is InChI=1S/C17H22O4/c1-10-6-5-7-11(2)9-15-16(12(3)17(19)21-15)14(8-10)20-13(4)18/h7-8,14-16H,3,5-6,9H2,1-2,4H3/t14-,15+,16+/m1/s1. The van der Waals surface area contributed by atoms with E-state index in [2.05, 4.69) is 12.7 Å². The lowest BCUT2D eigenvalue weighted by molar-refractivity contribution is -0.147. The number of fused-ring (bicyclic) bond motifs is 1. The van der Waals surface area contributed by atoms with Crippen molar-refractivity contribution in [2.75, 3.05) is 0 Å².